The number of amides is 2. The molecule has 3 rings (SSSR count). The zero-order chi connectivity index (χ0) is 25.8. The minimum absolute atomic E-state index is 0.00574. The lowest BCUT2D eigenvalue weighted by atomic mass is 10.1. The lowest BCUT2D eigenvalue weighted by molar-refractivity contribution is -0.139. The van der Waals surface area contributed by atoms with Crippen LogP contribution in [-0.2, 0) is 26.2 Å². The summed E-state index contributed by atoms with van der Waals surface area (Å²) in [5, 5.41) is 3.97. The van der Waals surface area contributed by atoms with Gasteiger partial charge in [-0.2, -0.15) is 0 Å². The van der Waals surface area contributed by atoms with Crippen molar-refractivity contribution in [3.8, 4) is 0 Å². The quantitative estimate of drug-likeness (QED) is 0.473. The topological polar surface area (TPSA) is 86.8 Å². The number of carbonyl (C=O) groups is 2. The molecule has 0 unspecified atom stereocenters. The van der Waals surface area contributed by atoms with E-state index in [1.807, 2.05) is 0 Å². The molecule has 2 aromatic rings. The monoisotopic (exact) mass is 559 g/mol. The fourth-order valence-electron chi connectivity index (χ4n) is 4.06. The van der Waals surface area contributed by atoms with Gasteiger partial charge in [0.05, 0.1) is 17.0 Å². The van der Waals surface area contributed by atoms with Crippen LogP contribution in [0.3, 0.4) is 0 Å². The smallest absolute Gasteiger partial charge is 0.244 e. The van der Waals surface area contributed by atoms with Gasteiger partial charge in [-0.3, -0.25) is 13.9 Å². The van der Waals surface area contributed by atoms with E-state index < -0.39 is 28.5 Å². The van der Waals surface area contributed by atoms with Crippen LogP contribution < -0.4 is 9.62 Å². The Bertz CT molecular complexity index is 1190. The summed E-state index contributed by atoms with van der Waals surface area (Å²) in [5.41, 5.74) is 0.756. The standard InChI is InChI=1S/C24H28Cl3N3O4S/c1-16(24(32)28-19-7-3-4-8-19)29(14-17-11-12-18(25)13-21(17)27)23(31)15-30(35(2,33)34)22-10-6-5-9-20(22)26/h5-6,9-13,16,19H,3-4,7-8,14-15H2,1-2H3,(H,28,32)/t16-/m1/s1. The van der Waals surface area contributed by atoms with E-state index in [0.29, 0.717) is 15.6 Å². The van der Waals surface area contributed by atoms with Gasteiger partial charge in [0.15, 0.2) is 0 Å². The highest BCUT2D eigenvalue weighted by Crippen LogP contribution is 2.28. The van der Waals surface area contributed by atoms with Crippen LogP contribution >= 0.6 is 34.8 Å². The van der Waals surface area contributed by atoms with E-state index in [-0.39, 0.29) is 29.2 Å². The van der Waals surface area contributed by atoms with Crippen molar-refractivity contribution in [2.45, 2.75) is 51.2 Å². The van der Waals surface area contributed by atoms with Gasteiger partial charge >= 0.3 is 0 Å². The third kappa shape index (κ3) is 7.26. The molecule has 1 saturated carbocycles. The minimum Gasteiger partial charge on any atom is -0.352 e. The third-order valence-corrected chi connectivity index (χ3v) is 8.06. The number of carbonyl (C=O) groups excluding carboxylic acids is 2. The van der Waals surface area contributed by atoms with Crippen molar-refractivity contribution in [3.05, 3.63) is 63.1 Å². The molecule has 0 bridgehead atoms. The van der Waals surface area contributed by atoms with Crippen molar-refractivity contribution >= 4 is 62.3 Å². The average molecular weight is 561 g/mol. The van der Waals surface area contributed by atoms with E-state index in [1.165, 1.54) is 11.0 Å². The van der Waals surface area contributed by atoms with Gasteiger partial charge in [-0.1, -0.05) is 65.8 Å². The maximum absolute atomic E-state index is 13.6. The highest BCUT2D eigenvalue weighted by atomic mass is 35.5. The largest absolute Gasteiger partial charge is 0.352 e. The molecular formula is C24H28Cl3N3O4S. The molecule has 0 heterocycles. The van der Waals surface area contributed by atoms with E-state index in [0.717, 1.165) is 36.2 Å². The molecule has 0 aromatic heterocycles. The van der Waals surface area contributed by atoms with Crippen LogP contribution in [0.5, 0.6) is 0 Å². The Kier molecular flexibility index (Phi) is 9.32. The highest BCUT2D eigenvalue weighted by molar-refractivity contribution is 7.92. The molecule has 190 valence electrons. The maximum atomic E-state index is 13.6. The van der Waals surface area contributed by atoms with E-state index in [9.17, 15) is 18.0 Å². The van der Waals surface area contributed by atoms with Crippen LogP contribution in [0.2, 0.25) is 15.1 Å². The fourth-order valence-corrected chi connectivity index (χ4v) is 5.67. The van der Waals surface area contributed by atoms with Crippen LogP contribution in [0.4, 0.5) is 5.69 Å². The van der Waals surface area contributed by atoms with E-state index in [1.54, 1.807) is 43.3 Å². The van der Waals surface area contributed by atoms with Crippen molar-refractivity contribution in [1.29, 1.82) is 0 Å². The second-order valence-corrected chi connectivity index (χ2v) is 11.8. The number of sulfonamides is 1. The fraction of sp³-hybridized carbons (Fsp3) is 0.417. The van der Waals surface area contributed by atoms with Crippen molar-refractivity contribution in [2.24, 2.45) is 0 Å². The maximum Gasteiger partial charge on any atom is 0.244 e. The van der Waals surface area contributed by atoms with Crippen LogP contribution in [0.25, 0.3) is 0 Å². The minimum atomic E-state index is -3.86. The molecule has 1 N–H and O–H groups in total. The van der Waals surface area contributed by atoms with Crippen molar-refractivity contribution in [3.63, 3.8) is 0 Å². The van der Waals surface area contributed by atoms with Gasteiger partial charge in [0.25, 0.3) is 0 Å². The zero-order valence-corrected chi connectivity index (χ0v) is 22.6. The molecule has 0 spiro atoms. The molecule has 1 aliphatic carbocycles. The second kappa shape index (κ2) is 11.8. The van der Waals surface area contributed by atoms with Gasteiger partial charge < -0.3 is 10.2 Å². The van der Waals surface area contributed by atoms with Crippen molar-refractivity contribution in [1.82, 2.24) is 10.2 Å². The number of halogens is 3. The average Bonchev–Trinajstić information content (AvgIpc) is 3.29. The lowest BCUT2D eigenvalue weighted by Gasteiger charge is -2.32. The Hall–Kier alpha value is -2.00. The molecule has 2 amide bonds. The van der Waals surface area contributed by atoms with Crippen LogP contribution in [0.15, 0.2) is 42.5 Å². The summed E-state index contributed by atoms with van der Waals surface area (Å²) in [6.07, 6.45) is 4.88. The molecule has 1 fully saturated rings. The highest BCUT2D eigenvalue weighted by Gasteiger charge is 2.32. The Balaban J connectivity index is 1.91. The number of hydrogen-bond acceptors (Lipinski definition) is 4. The van der Waals surface area contributed by atoms with E-state index >= 15 is 0 Å². The van der Waals surface area contributed by atoms with Crippen LogP contribution in [-0.4, -0.2) is 50.0 Å². The second-order valence-electron chi connectivity index (χ2n) is 8.64. The number of hydrogen-bond donors (Lipinski definition) is 1. The number of benzene rings is 2. The number of anilines is 1. The molecule has 11 heteroatoms. The van der Waals surface area contributed by atoms with Crippen molar-refractivity contribution < 1.29 is 18.0 Å². The predicted octanol–water partition coefficient (Wildman–Crippen LogP) is 4.89. The molecule has 0 aliphatic heterocycles. The van der Waals surface area contributed by atoms with Gasteiger partial charge in [0, 0.05) is 22.6 Å². The summed E-state index contributed by atoms with van der Waals surface area (Å²) < 4.78 is 26.2. The van der Waals surface area contributed by atoms with Gasteiger partial charge in [-0.25, -0.2) is 8.42 Å². The predicted molar refractivity (Wildman–Crippen MR) is 141 cm³/mol. The first kappa shape index (κ1) is 27.6. The molecule has 1 aliphatic rings. The van der Waals surface area contributed by atoms with E-state index in [2.05, 4.69) is 5.32 Å². The third-order valence-electron chi connectivity index (χ3n) is 6.02. The Morgan fingerprint density at radius 1 is 1.06 bits per heavy atom. The number of nitrogens with one attached hydrogen (secondary N) is 1. The first-order valence-electron chi connectivity index (χ1n) is 11.2. The molecule has 7 nitrogen and oxygen atoms in total. The molecule has 1 atom stereocenters. The number of nitrogens with zero attached hydrogens (tertiary/aromatic N) is 2. The SMILES string of the molecule is C[C@H](C(=O)NC1CCCC1)N(Cc1ccc(Cl)cc1Cl)C(=O)CN(c1ccccc1Cl)S(C)(=O)=O. The summed E-state index contributed by atoms with van der Waals surface area (Å²) in [6, 6.07) is 10.4. The van der Waals surface area contributed by atoms with Gasteiger partial charge in [0.1, 0.15) is 12.6 Å². The summed E-state index contributed by atoms with van der Waals surface area (Å²) >= 11 is 18.6. The Labute approximate surface area is 221 Å². The van der Waals surface area contributed by atoms with Crippen LogP contribution in [0.1, 0.15) is 38.2 Å². The summed E-state index contributed by atoms with van der Waals surface area (Å²) in [5.74, 6) is -0.880. The number of para-hydroxylation sites is 1. The summed E-state index contributed by atoms with van der Waals surface area (Å²) in [6.45, 7) is 1.08. The normalized spacial score (nSPS) is 15.0. The molecule has 0 radical (unpaired) electrons. The van der Waals surface area contributed by atoms with Gasteiger partial charge in [-0.15, -0.1) is 0 Å². The molecule has 2 aromatic carbocycles. The van der Waals surface area contributed by atoms with Gasteiger partial charge in [-0.05, 0) is 49.6 Å². The first-order chi connectivity index (χ1) is 16.5. The van der Waals surface area contributed by atoms with Crippen LogP contribution in [0, 0.1) is 0 Å². The first-order valence-corrected chi connectivity index (χ1v) is 14.2. The summed E-state index contributed by atoms with van der Waals surface area (Å²) in [7, 11) is -3.86. The van der Waals surface area contributed by atoms with E-state index in [4.69, 9.17) is 34.8 Å². The molecule has 35 heavy (non-hydrogen) atoms. The van der Waals surface area contributed by atoms with Crippen molar-refractivity contribution in [2.75, 3.05) is 17.1 Å². The summed E-state index contributed by atoms with van der Waals surface area (Å²) in [4.78, 5) is 28.0. The zero-order valence-electron chi connectivity index (χ0n) is 19.5. The number of rotatable bonds is 9. The molecular weight excluding hydrogens is 533 g/mol. The Morgan fingerprint density at radius 3 is 2.31 bits per heavy atom. The molecule has 0 saturated heterocycles. The van der Waals surface area contributed by atoms with Gasteiger partial charge in [0.2, 0.25) is 21.8 Å². The lowest BCUT2D eigenvalue weighted by Crippen LogP contribution is -2.52. The Morgan fingerprint density at radius 2 is 1.71 bits per heavy atom.